The minimum absolute atomic E-state index is 0.0660. The van der Waals surface area contributed by atoms with Crippen LogP contribution in [0.4, 0.5) is 10.2 Å². The molecular weight excluding hydrogens is 525 g/mol. The van der Waals surface area contributed by atoms with Crippen molar-refractivity contribution in [3.8, 4) is 0 Å². The van der Waals surface area contributed by atoms with Crippen LogP contribution in [0.2, 0.25) is 0 Å². The largest absolute Gasteiger partial charge is 0.593 e. The number of hydrogen-bond acceptors (Lipinski definition) is 6. The summed E-state index contributed by atoms with van der Waals surface area (Å²) in [6, 6.07) is 16.7. The summed E-state index contributed by atoms with van der Waals surface area (Å²) >= 11 is 1.51. The van der Waals surface area contributed by atoms with Crippen molar-refractivity contribution in [2.75, 3.05) is 31.1 Å². The van der Waals surface area contributed by atoms with Gasteiger partial charge in [0, 0.05) is 37.3 Å². The zero-order valence-corrected chi connectivity index (χ0v) is 20.4. The van der Waals surface area contributed by atoms with E-state index in [9.17, 15) is 18.5 Å². The summed E-state index contributed by atoms with van der Waals surface area (Å²) in [6.07, 6.45) is 0. The molecule has 0 saturated carbocycles. The Labute approximate surface area is 207 Å². The molecule has 2 heterocycles. The maximum absolute atomic E-state index is 13.8. The second kappa shape index (κ2) is 10.9. The highest BCUT2D eigenvalue weighted by atomic mass is 79.9. The van der Waals surface area contributed by atoms with E-state index in [-0.39, 0.29) is 17.4 Å². The van der Waals surface area contributed by atoms with E-state index in [4.69, 9.17) is 0 Å². The molecule has 4 rings (SSSR count). The lowest BCUT2D eigenvalue weighted by Crippen LogP contribution is -2.49. The number of nitrogens with one attached hydrogen (secondary N) is 1. The number of amides is 2. The lowest BCUT2D eigenvalue weighted by molar-refractivity contribution is 0.0745. The molecule has 0 aliphatic carbocycles. The molecule has 3 aromatic rings. The zero-order valence-electron chi connectivity index (χ0n) is 18.0. The number of benzene rings is 2. The molecule has 8 nitrogen and oxygen atoms in total. The van der Waals surface area contributed by atoms with Gasteiger partial charge in [0.05, 0.1) is 15.8 Å². The number of rotatable bonds is 6. The summed E-state index contributed by atoms with van der Waals surface area (Å²) in [5.41, 5.74) is 1.22. The highest BCUT2D eigenvalue weighted by Crippen LogP contribution is 2.19. The number of aromatic nitrogens is 2. The van der Waals surface area contributed by atoms with Crippen molar-refractivity contribution < 1.29 is 18.5 Å². The Balaban J connectivity index is 1.30. The van der Waals surface area contributed by atoms with Crippen LogP contribution in [0.25, 0.3) is 0 Å². The van der Waals surface area contributed by atoms with Gasteiger partial charge in [-0.25, -0.2) is 4.39 Å². The Hall–Kier alpha value is -3.02. The topological polar surface area (TPSA) is 101 Å². The highest BCUT2D eigenvalue weighted by Gasteiger charge is 2.24. The molecule has 1 aromatic heterocycles. The third-order valence-corrected chi connectivity index (χ3v) is 6.94. The van der Waals surface area contributed by atoms with Gasteiger partial charge in [0.25, 0.3) is 5.91 Å². The number of hydrogen-bond donors (Lipinski definition) is 1. The summed E-state index contributed by atoms with van der Waals surface area (Å²) in [7, 11) is 0. The summed E-state index contributed by atoms with van der Waals surface area (Å²) in [5.74, 6) is -0.497. The van der Waals surface area contributed by atoms with Crippen LogP contribution < -0.4 is 9.62 Å². The van der Waals surface area contributed by atoms with Gasteiger partial charge in [0.2, 0.25) is 0 Å². The van der Waals surface area contributed by atoms with Gasteiger partial charge in [-0.3, -0.25) is 9.59 Å². The molecule has 1 aliphatic rings. The predicted octanol–water partition coefficient (Wildman–Crippen LogP) is 2.93. The fraction of sp³-hybridized carbons (Fsp3) is 0.217. The van der Waals surface area contributed by atoms with E-state index >= 15 is 0 Å². The highest BCUT2D eigenvalue weighted by molar-refractivity contribution is 9.10. The molecule has 0 radical (unpaired) electrons. The van der Waals surface area contributed by atoms with Crippen LogP contribution in [-0.2, 0) is 17.1 Å². The molecule has 2 amide bonds. The molecule has 1 N–H and O–H groups in total. The van der Waals surface area contributed by atoms with E-state index in [0.29, 0.717) is 42.0 Å². The first-order chi connectivity index (χ1) is 16.4. The second-order valence-electron chi connectivity index (χ2n) is 7.59. The minimum atomic E-state index is -1.58. The quantitative estimate of drug-likeness (QED) is 0.478. The first-order valence-electron chi connectivity index (χ1n) is 10.5. The van der Waals surface area contributed by atoms with E-state index < -0.39 is 23.1 Å². The number of nitrogens with zero attached hydrogens (tertiary/aromatic N) is 4. The molecule has 1 fully saturated rings. The van der Waals surface area contributed by atoms with Gasteiger partial charge in [0.1, 0.15) is 5.82 Å². The third-order valence-electron chi connectivity index (χ3n) is 5.29. The molecule has 2 aromatic carbocycles. The van der Waals surface area contributed by atoms with Gasteiger partial charge >= 0.3 is 5.91 Å². The summed E-state index contributed by atoms with van der Waals surface area (Å²) in [5, 5.41) is 8.09. The predicted molar refractivity (Wildman–Crippen MR) is 130 cm³/mol. The number of carbonyl (C=O) groups is 2. The van der Waals surface area contributed by atoms with Crippen LogP contribution in [0, 0.1) is 5.82 Å². The summed E-state index contributed by atoms with van der Waals surface area (Å²) < 4.78 is 28.7. The Morgan fingerprint density at radius 3 is 2.41 bits per heavy atom. The second-order valence-corrected chi connectivity index (χ2v) is 9.63. The van der Waals surface area contributed by atoms with E-state index in [1.165, 1.54) is 18.2 Å². The maximum Gasteiger partial charge on any atom is 0.312 e. The lowest BCUT2D eigenvalue weighted by atomic mass is 10.1. The molecule has 1 saturated heterocycles. The monoisotopic (exact) mass is 545 g/mol. The first-order valence-corrected chi connectivity index (χ1v) is 12.6. The van der Waals surface area contributed by atoms with Gasteiger partial charge in [-0.15, -0.1) is 10.2 Å². The summed E-state index contributed by atoms with van der Waals surface area (Å²) in [4.78, 5) is 28.6. The maximum atomic E-state index is 13.8. The van der Waals surface area contributed by atoms with Crippen molar-refractivity contribution in [2.45, 2.75) is 5.75 Å². The van der Waals surface area contributed by atoms with Crippen molar-refractivity contribution in [2.24, 2.45) is 0 Å². The van der Waals surface area contributed by atoms with Crippen molar-refractivity contribution in [1.82, 2.24) is 19.8 Å². The molecule has 1 aliphatic heterocycles. The van der Waals surface area contributed by atoms with Crippen molar-refractivity contribution in [3.05, 3.63) is 87.8 Å². The molecular formula is C23H21BrFN5O3S. The van der Waals surface area contributed by atoms with Gasteiger partial charge in [0.15, 0.2) is 17.3 Å². The van der Waals surface area contributed by atoms with Gasteiger partial charge in [-0.2, -0.15) is 4.72 Å². The summed E-state index contributed by atoms with van der Waals surface area (Å²) in [6.45, 7) is 1.93. The standard InChI is InChI=1S/C23H21BrFN5O3S/c24-18-7-6-17(14-19(18)25)23(32)30-12-10-29(11-13-30)21-9-8-20(26-27-21)22(31)28-34(33)15-16-4-2-1-3-5-16/h1-9,14H,10-13,15H2,(H,28,31). The average molecular weight is 546 g/mol. The zero-order chi connectivity index (χ0) is 24.1. The Morgan fingerprint density at radius 1 is 1.03 bits per heavy atom. The SMILES string of the molecule is O=C(N[S+]([O-])Cc1ccccc1)c1ccc(N2CCN(C(=O)c3ccc(Br)c(F)c3)CC2)nn1. The van der Waals surface area contributed by atoms with Gasteiger partial charge < -0.3 is 14.4 Å². The normalized spacial score (nSPS) is 14.6. The third kappa shape index (κ3) is 5.91. The Bertz CT molecular complexity index is 1160. The fourth-order valence-electron chi connectivity index (χ4n) is 3.48. The number of anilines is 1. The minimum Gasteiger partial charge on any atom is -0.593 e. The Morgan fingerprint density at radius 2 is 1.76 bits per heavy atom. The van der Waals surface area contributed by atoms with Crippen molar-refractivity contribution in [1.29, 1.82) is 0 Å². The van der Waals surface area contributed by atoms with Gasteiger partial charge in [-0.05, 0) is 46.3 Å². The number of halogens is 2. The van der Waals surface area contributed by atoms with Crippen LogP contribution >= 0.6 is 15.9 Å². The molecule has 176 valence electrons. The van der Waals surface area contributed by atoms with Crippen molar-refractivity contribution in [3.63, 3.8) is 0 Å². The van der Waals surface area contributed by atoms with Crippen LogP contribution in [-0.4, -0.2) is 57.6 Å². The van der Waals surface area contributed by atoms with Crippen LogP contribution in [0.15, 0.2) is 65.1 Å². The Kier molecular flexibility index (Phi) is 7.76. The molecule has 11 heteroatoms. The fourth-order valence-corrected chi connectivity index (χ4v) is 4.61. The molecule has 34 heavy (non-hydrogen) atoms. The number of piperazine rings is 1. The van der Waals surface area contributed by atoms with Crippen LogP contribution in [0.3, 0.4) is 0 Å². The lowest BCUT2D eigenvalue weighted by Gasteiger charge is -2.35. The molecule has 1 atom stereocenters. The van der Waals surface area contributed by atoms with Crippen LogP contribution in [0.5, 0.6) is 0 Å². The molecule has 1 unspecified atom stereocenters. The molecule has 0 bridgehead atoms. The van der Waals surface area contributed by atoms with Gasteiger partial charge in [-0.1, -0.05) is 30.3 Å². The van der Waals surface area contributed by atoms with E-state index in [1.54, 1.807) is 17.0 Å². The van der Waals surface area contributed by atoms with Crippen molar-refractivity contribution >= 4 is 44.9 Å². The van der Waals surface area contributed by atoms with E-state index in [1.807, 2.05) is 35.2 Å². The number of carbonyl (C=O) groups excluding carboxylic acids is 2. The first kappa shape index (κ1) is 24.1. The molecule has 0 spiro atoms. The van der Waals surface area contributed by atoms with E-state index in [0.717, 1.165) is 5.56 Å². The van der Waals surface area contributed by atoms with E-state index in [2.05, 4.69) is 30.8 Å². The average Bonchev–Trinajstić information content (AvgIpc) is 2.86. The smallest absolute Gasteiger partial charge is 0.312 e. The van der Waals surface area contributed by atoms with Crippen LogP contribution in [0.1, 0.15) is 26.4 Å².